The van der Waals surface area contributed by atoms with Gasteiger partial charge in [0.1, 0.15) is 5.82 Å². The van der Waals surface area contributed by atoms with E-state index < -0.39 is 0 Å². The van der Waals surface area contributed by atoms with Crippen molar-refractivity contribution in [1.82, 2.24) is 9.97 Å². The van der Waals surface area contributed by atoms with E-state index >= 15 is 0 Å². The zero-order valence-corrected chi connectivity index (χ0v) is 13.4. The minimum absolute atomic E-state index is 0.236. The molecule has 0 spiro atoms. The summed E-state index contributed by atoms with van der Waals surface area (Å²) >= 11 is 6.87. The Hall–Kier alpha value is -1.66. The molecule has 20 heavy (non-hydrogen) atoms. The van der Waals surface area contributed by atoms with Crippen LogP contribution in [-0.4, -0.2) is 9.97 Å². The highest BCUT2D eigenvalue weighted by Crippen LogP contribution is 2.27. The number of nitrogen functional groups attached to an aromatic ring is 1. The Morgan fingerprint density at radius 2 is 1.75 bits per heavy atom. The fourth-order valence-corrected chi connectivity index (χ4v) is 2.57. The van der Waals surface area contributed by atoms with Crippen molar-refractivity contribution in [3.8, 4) is 0 Å². The quantitative estimate of drug-likeness (QED) is 0.673. The van der Waals surface area contributed by atoms with E-state index in [1.165, 1.54) is 5.39 Å². The summed E-state index contributed by atoms with van der Waals surface area (Å²) in [6.45, 7) is 0. The summed E-state index contributed by atoms with van der Waals surface area (Å²) in [6.07, 6.45) is 1.63. The molecule has 3 N–H and O–H groups in total. The molecular formula is C14H10Br2N4. The monoisotopic (exact) mass is 392 g/mol. The molecule has 1 aromatic heterocycles. The first-order valence-corrected chi connectivity index (χ1v) is 7.45. The zero-order valence-electron chi connectivity index (χ0n) is 10.3. The van der Waals surface area contributed by atoms with Crippen LogP contribution < -0.4 is 11.1 Å². The molecule has 0 amide bonds. The number of hydrogen-bond acceptors (Lipinski definition) is 4. The van der Waals surface area contributed by atoms with E-state index in [0.29, 0.717) is 5.82 Å². The number of anilines is 3. The van der Waals surface area contributed by atoms with Crippen molar-refractivity contribution in [2.75, 3.05) is 11.1 Å². The van der Waals surface area contributed by atoms with E-state index in [9.17, 15) is 0 Å². The van der Waals surface area contributed by atoms with E-state index in [1.54, 1.807) is 6.20 Å². The molecule has 0 aliphatic carbocycles. The Bertz CT molecular complexity index is 789. The molecule has 1 heterocycles. The molecule has 100 valence electrons. The third kappa shape index (κ3) is 2.76. The van der Waals surface area contributed by atoms with E-state index in [-0.39, 0.29) is 5.95 Å². The van der Waals surface area contributed by atoms with Crippen molar-refractivity contribution in [3.05, 3.63) is 51.5 Å². The van der Waals surface area contributed by atoms with Gasteiger partial charge in [0.05, 0.1) is 4.47 Å². The second-order valence-electron chi connectivity index (χ2n) is 4.26. The van der Waals surface area contributed by atoms with Crippen LogP contribution in [0.2, 0.25) is 0 Å². The van der Waals surface area contributed by atoms with Gasteiger partial charge in [-0.2, -0.15) is 4.98 Å². The average molecular weight is 394 g/mol. The smallest absolute Gasteiger partial charge is 0.222 e. The molecule has 0 atom stereocenters. The molecule has 0 unspecified atom stereocenters. The molecule has 6 heteroatoms. The van der Waals surface area contributed by atoms with Crippen molar-refractivity contribution in [2.24, 2.45) is 0 Å². The maximum Gasteiger partial charge on any atom is 0.222 e. The number of nitrogens with zero attached hydrogens (tertiary/aromatic N) is 2. The maximum absolute atomic E-state index is 5.60. The molecule has 0 aliphatic rings. The summed E-state index contributed by atoms with van der Waals surface area (Å²) in [5, 5.41) is 5.55. The van der Waals surface area contributed by atoms with Crippen molar-refractivity contribution < 1.29 is 0 Å². The SMILES string of the molecule is Nc1ncc(Br)c(Nc2ccc3cc(Br)ccc3c2)n1. The highest BCUT2D eigenvalue weighted by Gasteiger charge is 2.04. The number of aromatic nitrogens is 2. The molecule has 3 aromatic rings. The number of hydrogen-bond donors (Lipinski definition) is 2. The topological polar surface area (TPSA) is 63.8 Å². The fraction of sp³-hybridized carbons (Fsp3) is 0. The van der Waals surface area contributed by atoms with Crippen LogP contribution in [0.25, 0.3) is 10.8 Å². The zero-order chi connectivity index (χ0) is 14.1. The number of fused-ring (bicyclic) bond motifs is 1. The molecule has 0 aliphatic heterocycles. The standard InChI is InChI=1S/C14H10Br2N4/c15-10-3-1-9-6-11(4-2-8(9)5-10)19-13-12(16)7-18-14(17)20-13/h1-7H,(H3,17,18,19,20). The lowest BCUT2D eigenvalue weighted by molar-refractivity contribution is 1.17. The molecule has 0 saturated carbocycles. The summed E-state index contributed by atoms with van der Waals surface area (Å²) in [6, 6.07) is 12.3. The van der Waals surface area contributed by atoms with Crippen molar-refractivity contribution >= 4 is 60.1 Å². The summed E-state index contributed by atoms with van der Waals surface area (Å²) < 4.78 is 1.83. The molecule has 4 nitrogen and oxygen atoms in total. The fourth-order valence-electron chi connectivity index (χ4n) is 1.90. The second-order valence-corrected chi connectivity index (χ2v) is 6.03. The summed E-state index contributed by atoms with van der Waals surface area (Å²) in [5.74, 6) is 0.884. The molecule has 2 aromatic carbocycles. The first-order valence-electron chi connectivity index (χ1n) is 5.86. The molecule has 0 bridgehead atoms. The minimum Gasteiger partial charge on any atom is -0.368 e. The lowest BCUT2D eigenvalue weighted by Gasteiger charge is -2.09. The van der Waals surface area contributed by atoms with Crippen molar-refractivity contribution in [3.63, 3.8) is 0 Å². The van der Waals surface area contributed by atoms with Crippen LogP contribution in [-0.2, 0) is 0 Å². The number of benzene rings is 2. The summed E-state index contributed by atoms with van der Waals surface area (Å²) in [5.41, 5.74) is 6.54. The van der Waals surface area contributed by atoms with Gasteiger partial charge in [0.15, 0.2) is 0 Å². The van der Waals surface area contributed by atoms with E-state index in [1.807, 2.05) is 12.1 Å². The lowest BCUT2D eigenvalue weighted by atomic mass is 10.1. The van der Waals surface area contributed by atoms with E-state index in [0.717, 1.165) is 20.0 Å². The van der Waals surface area contributed by atoms with Gasteiger partial charge in [-0.25, -0.2) is 4.98 Å². The Morgan fingerprint density at radius 1 is 1.00 bits per heavy atom. The van der Waals surface area contributed by atoms with Crippen LogP contribution in [0.4, 0.5) is 17.5 Å². The first-order chi connectivity index (χ1) is 9.61. The molecule has 0 saturated heterocycles. The summed E-state index contributed by atoms with van der Waals surface area (Å²) in [4.78, 5) is 8.08. The van der Waals surface area contributed by atoms with Crippen LogP contribution >= 0.6 is 31.9 Å². The molecule has 3 rings (SSSR count). The van der Waals surface area contributed by atoms with Gasteiger partial charge in [0.25, 0.3) is 0 Å². The molecule has 0 radical (unpaired) electrons. The van der Waals surface area contributed by atoms with Crippen molar-refractivity contribution in [1.29, 1.82) is 0 Å². The van der Waals surface area contributed by atoms with Crippen LogP contribution in [0.3, 0.4) is 0 Å². The van der Waals surface area contributed by atoms with Crippen LogP contribution in [0.5, 0.6) is 0 Å². The number of halogens is 2. The normalized spacial score (nSPS) is 10.7. The lowest BCUT2D eigenvalue weighted by Crippen LogP contribution is -2.00. The highest BCUT2D eigenvalue weighted by molar-refractivity contribution is 9.10. The van der Waals surface area contributed by atoms with Crippen LogP contribution in [0.15, 0.2) is 51.5 Å². The number of nitrogens with two attached hydrogens (primary N) is 1. The number of rotatable bonds is 2. The molecule has 0 fully saturated rings. The van der Waals surface area contributed by atoms with E-state index in [4.69, 9.17) is 5.73 Å². The molecular weight excluding hydrogens is 384 g/mol. The van der Waals surface area contributed by atoms with Crippen molar-refractivity contribution in [2.45, 2.75) is 0 Å². The Morgan fingerprint density at radius 3 is 2.60 bits per heavy atom. The summed E-state index contributed by atoms with van der Waals surface area (Å²) in [7, 11) is 0. The third-order valence-electron chi connectivity index (χ3n) is 2.83. The predicted molar refractivity (Wildman–Crippen MR) is 89.1 cm³/mol. The van der Waals surface area contributed by atoms with Gasteiger partial charge in [-0.05, 0) is 51.0 Å². The van der Waals surface area contributed by atoms with Gasteiger partial charge < -0.3 is 11.1 Å². The van der Waals surface area contributed by atoms with Gasteiger partial charge in [-0.3, -0.25) is 0 Å². The third-order valence-corrected chi connectivity index (χ3v) is 3.90. The second kappa shape index (κ2) is 5.38. The van der Waals surface area contributed by atoms with Crippen LogP contribution in [0, 0.1) is 0 Å². The van der Waals surface area contributed by atoms with Gasteiger partial charge in [0.2, 0.25) is 5.95 Å². The van der Waals surface area contributed by atoms with E-state index in [2.05, 4.69) is 71.4 Å². The first kappa shape index (κ1) is 13.3. The Kier molecular flexibility index (Phi) is 3.58. The van der Waals surface area contributed by atoms with Gasteiger partial charge in [-0.1, -0.05) is 28.1 Å². The number of nitrogens with one attached hydrogen (secondary N) is 1. The van der Waals surface area contributed by atoms with Gasteiger partial charge in [-0.15, -0.1) is 0 Å². The Labute approximate surface area is 132 Å². The van der Waals surface area contributed by atoms with Gasteiger partial charge >= 0.3 is 0 Å². The maximum atomic E-state index is 5.60. The predicted octanol–water partition coefficient (Wildman–Crippen LogP) is 4.48. The van der Waals surface area contributed by atoms with Gasteiger partial charge in [0, 0.05) is 16.4 Å². The largest absolute Gasteiger partial charge is 0.368 e. The minimum atomic E-state index is 0.236. The average Bonchev–Trinajstić information content (AvgIpc) is 2.43. The van der Waals surface area contributed by atoms with Crippen LogP contribution in [0.1, 0.15) is 0 Å². The highest BCUT2D eigenvalue weighted by atomic mass is 79.9. The Balaban J connectivity index is 1.98.